The number of halogens is 2. The highest BCUT2D eigenvalue weighted by Crippen LogP contribution is 2.22. The van der Waals surface area contributed by atoms with E-state index in [0.717, 1.165) is 10.0 Å². The molecule has 0 aliphatic rings. The van der Waals surface area contributed by atoms with Crippen molar-refractivity contribution in [1.29, 1.82) is 0 Å². The van der Waals surface area contributed by atoms with Gasteiger partial charge in [-0.1, -0.05) is 33.6 Å². The van der Waals surface area contributed by atoms with Crippen molar-refractivity contribution in [3.8, 4) is 5.75 Å². The molecule has 0 fully saturated rings. The normalized spacial score (nSPS) is 10.8. The van der Waals surface area contributed by atoms with Gasteiger partial charge in [0, 0.05) is 15.1 Å². The summed E-state index contributed by atoms with van der Waals surface area (Å²) in [7, 11) is 0. The van der Waals surface area contributed by atoms with Crippen LogP contribution in [0.25, 0.3) is 6.08 Å². The van der Waals surface area contributed by atoms with E-state index in [1.165, 1.54) is 18.2 Å². The summed E-state index contributed by atoms with van der Waals surface area (Å²) in [5, 5.41) is 9.79. The molecule has 2 rings (SSSR count). The van der Waals surface area contributed by atoms with Gasteiger partial charge in [0.1, 0.15) is 5.75 Å². The Hall–Kier alpha value is -1.58. The van der Waals surface area contributed by atoms with Gasteiger partial charge in [-0.3, -0.25) is 4.79 Å². The number of ketones is 1. The molecule has 0 amide bonds. The Morgan fingerprint density at radius 2 is 1.84 bits per heavy atom. The van der Waals surface area contributed by atoms with Gasteiger partial charge in [0.15, 0.2) is 5.78 Å². The van der Waals surface area contributed by atoms with Crippen LogP contribution < -0.4 is 0 Å². The van der Waals surface area contributed by atoms with Crippen LogP contribution >= 0.6 is 27.5 Å². The Balaban J connectivity index is 2.18. The molecule has 0 bridgehead atoms. The van der Waals surface area contributed by atoms with Gasteiger partial charge in [-0.05, 0) is 54.1 Å². The van der Waals surface area contributed by atoms with Gasteiger partial charge >= 0.3 is 0 Å². The largest absolute Gasteiger partial charge is 0.508 e. The van der Waals surface area contributed by atoms with E-state index >= 15 is 0 Å². The molecule has 0 aromatic heterocycles. The fourth-order valence-corrected chi connectivity index (χ4v) is 2.34. The predicted octanol–water partition coefficient (Wildman–Crippen LogP) is 4.70. The molecule has 0 saturated heterocycles. The number of hydrogen-bond donors (Lipinski definition) is 1. The number of aromatic hydroxyl groups is 1. The summed E-state index contributed by atoms with van der Waals surface area (Å²) < 4.78 is 0.828. The molecule has 0 atom stereocenters. The molecule has 2 aromatic carbocycles. The number of hydrogen-bond acceptors (Lipinski definition) is 2. The van der Waals surface area contributed by atoms with Crippen LogP contribution in [0, 0.1) is 0 Å². The van der Waals surface area contributed by atoms with Crippen molar-refractivity contribution in [3.05, 3.63) is 69.2 Å². The van der Waals surface area contributed by atoms with Crippen LogP contribution in [0.15, 0.2) is 53.0 Å². The van der Waals surface area contributed by atoms with Crippen molar-refractivity contribution in [2.75, 3.05) is 0 Å². The molecule has 19 heavy (non-hydrogen) atoms. The van der Waals surface area contributed by atoms with Crippen LogP contribution in [0.1, 0.15) is 15.9 Å². The number of rotatable bonds is 3. The molecular weight excluding hydrogens is 328 g/mol. The number of phenolic OH excluding ortho intramolecular Hbond substituents is 1. The molecule has 0 aliphatic heterocycles. The third-order valence-electron chi connectivity index (χ3n) is 2.53. The molecule has 0 radical (unpaired) electrons. The lowest BCUT2D eigenvalue weighted by molar-refractivity contribution is 0.104. The highest BCUT2D eigenvalue weighted by atomic mass is 79.9. The average molecular weight is 338 g/mol. The van der Waals surface area contributed by atoms with Gasteiger partial charge in [0.25, 0.3) is 0 Å². The van der Waals surface area contributed by atoms with Gasteiger partial charge < -0.3 is 5.11 Å². The summed E-state index contributed by atoms with van der Waals surface area (Å²) >= 11 is 9.23. The van der Waals surface area contributed by atoms with Crippen LogP contribution in [0.2, 0.25) is 5.02 Å². The van der Waals surface area contributed by atoms with E-state index in [9.17, 15) is 4.79 Å². The maximum absolute atomic E-state index is 11.9. The first kappa shape index (κ1) is 13.8. The van der Waals surface area contributed by atoms with Crippen molar-refractivity contribution in [1.82, 2.24) is 0 Å². The van der Waals surface area contributed by atoms with Gasteiger partial charge in [0.05, 0.1) is 0 Å². The molecule has 0 saturated carbocycles. The standard InChI is InChI=1S/C15H10BrClO2/c16-14-9-12(17)5-1-10(14)4-8-15(19)11-2-6-13(18)7-3-11/h1-9,18H. The Morgan fingerprint density at radius 3 is 2.47 bits per heavy atom. The monoisotopic (exact) mass is 336 g/mol. The second kappa shape index (κ2) is 6.04. The van der Waals surface area contributed by atoms with Crippen LogP contribution in [0.3, 0.4) is 0 Å². The minimum atomic E-state index is -0.123. The fraction of sp³-hybridized carbons (Fsp3) is 0. The topological polar surface area (TPSA) is 37.3 Å². The van der Waals surface area contributed by atoms with Crippen molar-refractivity contribution >= 4 is 39.4 Å². The zero-order chi connectivity index (χ0) is 13.8. The zero-order valence-electron chi connectivity index (χ0n) is 9.81. The van der Waals surface area contributed by atoms with Crippen molar-refractivity contribution in [2.45, 2.75) is 0 Å². The van der Waals surface area contributed by atoms with Gasteiger partial charge in [0.2, 0.25) is 0 Å². The molecule has 1 N–H and O–H groups in total. The number of benzene rings is 2. The molecule has 2 nitrogen and oxygen atoms in total. The van der Waals surface area contributed by atoms with E-state index in [2.05, 4.69) is 15.9 Å². The smallest absolute Gasteiger partial charge is 0.185 e. The molecule has 4 heteroatoms. The van der Waals surface area contributed by atoms with Crippen molar-refractivity contribution < 1.29 is 9.90 Å². The molecule has 0 unspecified atom stereocenters. The van der Waals surface area contributed by atoms with Crippen LogP contribution in [0.4, 0.5) is 0 Å². The SMILES string of the molecule is O=C(C=Cc1ccc(Cl)cc1Br)c1ccc(O)cc1. The quantitative estimate of drug-likeness (QED) is 0.651. The van der Waals surface area contributed by atoms with E-state index in [1.54, 1.807) is 30.3 Å². The maximum atomic E-state index is 11.9. The maximum Gasteiger partial charge on any atom is 0.185 e. The van der Waals surface area contributed by atoms with E-state index in [-0.39, 0.29) is 11.5 Å². The summed E-state index contributed by atoms with van der Waals surface area (Å²) in [6.07, 6.45) is 3.20. The van der Waals surface area contributed by atoms with E-state index in [4.69, 9.17) is 16.7 Å². The van der Waals surface area contributed by atoms with E-state index < -0.39 is 0 Å². The van der Waals surface area contributed by atoms with Gasteiger partial charge in [-0.2, -0.15) is 0 Å². The number of phenols is 1. The Bertz CT molecular complexity index is 633. The van der Waals surface area contributed by atoms with Gasteiger partial charge in [-0.25, -0.2) is 0 Å². The third-order valence-corrected chi connectivity index (χ3v) is 3.45. The van der Waals surface area contributed by atoms with E-state index in [0.29, 0.717) is 10.6 Å². The molecular formula is C15H10BrClO2. The average Bonchev–Trinajstić information content (AvgIpc) is 2.38. The second-order valence-corrected chi connectivity index (χ2v) is 5.20. The summed E-state index contributed by atoms with van der Waals surface area (Å²) in [6, 6.07) is 11.5. The van der Waals surface area contributed by atoms with Gasteiger partial charge in [-0.15, -0.1) is 0 Å². The minimum absolute atomic E-state index is 0.123. The number of carbonyl (C=O) groups is 1. The lowest BCUT2D eigenvalue weighted by Crippen LogP contribution is -1.93. The Labute approximate surface area is 124 Å². The summed E-state index contributed by atoms with van der Waals surface area (Å²) in [5.41, 5.74) is 1.40. The van der Waals surface area contributed by atoms with Crippen LogP contribution in [-0.4, -0.2) is 10.9 Å². The van der Waals surface area contributed by atoms with Crippen molar-refractivity contribution in [3.63, 3.8) is 0 Å². The summed E-state index contributed by atoms with van der Waals surface area (Å²) in [6.45, 7) is 0. The van der Waals surface area contributed by atoms with E-state index in [1.807, 2.05) is 6.07 Å². The lowest BCUT2D eigenvalue weighted by atomic mass is 10.1. The van der Waals surface area contributed by atoms with Crippen molar-refractivity contribution in [2.24, 2.45) is 0 Å². The third kappa shape index (κ3) is 3.69. The predicted molar refractivity (Wildman–Crippen MR) is 80.6 cm³/mol. The highest BCUT2D eigenvalue weighted by Gasteiger charge is 2.02. The second-order valence-electron chi connectivity index (χ2n) is 3.91. The highest BCUT2D eigenvalue weighted by molar-refractivity contribution is 9.10. The zero-order valence-corrected chi connectivity index (χ0v) is 12.1. The van der Waals surface area contributed by atoms with Crippen LogP contribution in [-0.2, 0) is 0 Å². The Morgan fingerprint density at radius 1 is 1.16 bits per heavy atom. The fourth-order valence-electron chi connectivity index (χ4n) is 1.52. The first-order chi connectivity index (χ1) is 9.06. The lowest BCUT2D eigenvalue weighted by Gasteiger charge is -1.99. The first-order valence-corrected chi connectivity index (χ1v) is 6.70. The molecule has 2 aromatic rings. The van der Waals surface area contributed by atoms with Crippen LogP contribution in [0.5, 0.6) is 5.75 Å². The first-order valence-electron chi connectivity index (χ1n) is 5.53. The summed E-state index contributed by atoms with van der Waals surface area (Å²) in [4.78, 5) is 11.9. The number of allylic oxidation sites excluding steroid dienone is 1. The number of carbonyl (C=O) groups excluding carboxylic acids is 1. The molecule has 0 heterocycles. The molecule has 0 spiro atoms. The molecule has 0 aliphatic carbocycles. The Kier molecular flexibility index (Phi) is 4.40. The molecule has 96 valence electrons. The minimum Gasteiger partial charge on any atom is -0.508 e. The summed E-state index contributed by atoms with van der Waals surface area (Å²) in [5.74, 6) is 0.0165.